The van der Waals surface area contributed by atoms with E-state index in [-0.39, 0.29) is 5.69 Å². The summed E-state index contributed by atoms with van der Waals surface area (Å²) in [5.41, 5.74) is 1.41. The number of nitro groups is 1. The van der Waals surface area contributed by atoms with Gasteiger partial charge in [0.15, 0.2) is 0 Å². The highest BCUT2D eigenvalue weighted by atomic mass is 16.6. The Morgan fingerprint density at radius 2 is 2.07 bits per heavy atom. The molecule has 0 aliphatic heterocycles. The first-order valence-electron chi connectivity index (χ1n) is 3.96. The minimum Gasteiger partial charge on any atom is -0.258 e. The van der Waals surface area contributed by atoms with Crippen LogP contribution in [-0.2, 0) is 0 Å². The summed E-state index contributed by atoms with van der Waals surface area (Å²) in [6, 6.07) is 8.02. The molecule has 0 spiro atoms. The van der Waals surface area contributed by atoms with Gasteiger partial charge in [-0.05, 0) is 30.7 Å². The maximum absolute atomic E-state index is 10.3. The van der Waals surface area contributed by atoms with Gasteiger partial charge in [0.2, 0.25) is 0 Å². The standard InChI is InChI=1S/C10H8N2O2/c1-8(7-11)6-9-2-4-10(5-3-9)12(13)14/h2-6H,1H3/b8-6+. The van der Waals surface area contributed by atoms with Crippen LogP contribution in [0.4, 0.5) is 5.69 Å². The van der Waals surface area contributed by atoms with Crippen LogP contribution in [0.2, 0.25) is 0 Å². The Hall–Kier alpha value is -2.15. The van der Waals surface area contributed by atoms with Crippen LogP contribution in [0.25, 0.3) is 6.08 Å². The predicted molar refractivity (Wildman–Crippen MR) is 52.4 cm³/mol. The van der Waals surface area contributed by atoms with Crippen molar-refractivity contribution in [3.8, 4) is 6.07 Å². The fourth-order valence-corrected chi connectivity index (χ4v) is 0.975. The third-order valence-corrected chi connectivity index (χ3v) is 1.66. The smallest absolute Gasteiger partial charge is 0.258 e. The highest BCUT2D eigenvalue weighted by molar-refractivity contribution is 5.57. The molecule has 0 unspecified atom stereocenters. The van der Waals surface area contributed by atoms with Crippen LogP contribution in [0.3, 0.4) is 0 Å². The van der Waals surface area contributed by atoms with E-state index in [1.54, 1.807) is 25.1 Å². The average Bonchev–Trinajstić information content (AvgIpc) is 2.18. The number of allylic oxidation sites excluding steroid dienone is 1. The van der Waals surface area contributed by atoms with E-state index in [2.05, 4.69) is 0 Å². The van der Waals surface area contributed by atoms with Gasteiger partial charge in [-0.1, -0.05) is 0 Å². The zero-order chi connectivity index (χ0) is 10.6. The lowest BCUT2D eigenvalue weighted by Gasteiger charge is -1.93. The van der Waals surface area contributed by atoms with Crippen LogP contribution in [0.1, 0.15) is 12.5 Å². The van der Waals surface area contributed by atoms with E-state index in [1.807, 2.05) is 6.07 Å². The Morgan fingerprint density at radius 1 is 1.50 bits per heavy atom. The molecule has 0 heterocycles. The molecular formula is C10H8N2O2. The SMILES string of the molecule is C/C(C#N)=C\c1ccc([N+](=O)[O-])cc1. The van der Waals surface area contributed by atoms with Crippen LogP contribution in [0.15, 0.2) is 29.8 Å². The number of nitriles is 1. The highest BCUT2D eigenvalue weighted by Gasteiger charge is 2.02. The number of hydrogen-bond donors (Lipinski definition) is 0. The zero-order valence-electron chi connectivity index (χ0n) is 7.60. The summed E-state index contributed by atoms with van der Waals surface area (Å²) < 4.78 is 0. The van der Waals surface area contributed by atoms with Crippen molar-refractivity contribution in [3.63, 3.8) is 0 Å². The lowest BCUT2D eigenvalue weighted by atomic mass is 10.1. The van der Waals surface area contributed by atoms with E-state index in [0.29, 0.717) is 5.57 Å². The molecule has 1 rings (SSSR count). The molecule has 4 nitrogen and oxygen atoms in total. The van der Waals surface area contributed by atoms with Gasteiger partial charge >= 0.3 is 0 Å². The summed E-state index contributed by atoms with van der Waals surface area (Å²) in [4.78, 5) is 9.87. The van der Waals surface area contributed by atoms with Gasteiger partial charge in [0.05, 0.1) is 11.0 Å². The lowest BCUT2D eigenvalue weighted by molar-refractivity contribution is -0.384. The lowest BCUT2D eigenvalue weighted by Crippen LogP contribution is -1.86. The summed E-state index contributed by atoms with van der Waals surface area (Å²) in [7, 11) is 0. The molecule has 0 fully saturated rings. The number of non-ortho nitro benzene ring substituents is 1. The first kappa shape index (κ1) is 9.93. The van der Waals surface area contributed by atoms with Gasteiger partial charge in [0.25, 0.3) is 5.69 Å². The van der Waals surface area contributed by atoms with Gasteiger partial charge in [-0.25, -0.2) is 0 Å². The second-order valence-corrected chi connectivity index (χ2v) is 2.79. The summed E-state index contributed by atoms with van der Waals surface area (Å²) in [5.74, 6) is 0. The Morgan fingerprint density at radius 3 is 2.50 bits per heavy atom. The van der Waals surface area contributed by atoms with Crippen molar-refractivity contribution < 1.29 is 4.92 Å². The Bertz CT molecular complexity index is 413. The van der Waals surface area contributed by atoms with Crippen molar-refractivity contribution in [2.24, 2.45) is 0 Å². The first-order valence-corrected chi connectivity index (χ1v) is 3.96. The van der Waals surface area contributed by atoms with E-state index < -0.39 is 4.92 Å². The molecule has 0 aromatic heterocycles. The molecule has 0 aliphatic rings. The largest absolute Gasteiger partial charge is 0.269 e. The van der Waals surface area contributed by atoms with Gasteiger partial charge in [0, 0.05) is 17.7 Å². The molecule has 14 heavy (non-hydrogen) atoms. The molecule has 0 saturated carbocycles. The van der Waals surface area contributed by atoms with Crippen LogP contribution >= 0.6 is 0 Å². The molecule has 0 atom stereocenters. The summed E-state index contributed by atoms with van der Waals surface area (Å²) in [6.45, 7) is 1.68. The van der Waals surface area contributed by atoms with Gasteiger partial charge in [-0.3, -0.25) is 10.1 Å². The van der Waals surface area contributed by atoms with Crippen molar-refractivity contribution in [2.45, 2.75) is 6.92 Å². The second kappa shape index (κ2) is 4.19. The molecule has 1 aromatic carbocycles. The number of nitro benzene ring substituents is 1. The van der Waals surface area contributed by atoms with E-state index in [1.165, 1.54) is 12.1 Å². The molecule has 4 heteroatoms. The molecule has 0 saturated heterocycles. The van der Waals surface area contributed by atoms with Crippen LogP contribution in [-0.4, -0.2) is 4.92 Å². The molecular weight excluding hydrogens is 180 g/mol. The number of hydrogen-bond acceptors (Lipinski definition) is 3. The molecule has 1 aromatic rings. The monoisotopic (exact) mass is 188 g/mol. The maximum Gasteiger partial charge on any atom is 0.269 e. The minimum absolute atomic E-state index is 0.0526. The third kappa shape index (κ3) is 2.42. The van der Waals surface area contributed by atoms with E-state index in [0.717, 1.165) is 5.56 Å². The predicted octanol–water partition coefficient (Wildman–Crippen LogP) is 2.52. The Labute approximate surface area is 81.2 Å². The fourth-order valence-electron chi connectivity index (χ4n) is 0.975. The van der Waals surface area contributed by atoms with Crippen molar-refractivity contribution in [2.75, 3.05) is 0 Å². The van der Waals surface area contributed by atoms with Gasteiger partial charge < -0.3 is 0 Å². The van der Waals surface area contributed by atoms with Gasteiger partial charge in [-0.15, -0.1) is 0 Å². The van der Waals surface area contributed by atoms with Crippen LogP contribution < -0.4 is 0 Å². The van der Waals surface area contributed by atoms with Crippen molar-refractivity contribution in [3.05, 3.63) is 45.5 Å². The quantitative estimate of drug-likeness (QED) is 0.407. The molecule has 0 radical (unpaired) electrons. The van der Waals surface area contributed by atoms with Crippen LogP contribution in [0, 0.1) is 21.4 Å². The molecule has 0 bridgehead atoms. The topological polar surface area (TPSA) is 66.9 Å². The summed E-state index contributed by atoms with van der Waals surface area (Å²) in [5, 5.41) is 18.8. The third-order valence-electron chi connectivity index (χ3n) is 1.66. The summed E-state index contributed by atoms with van der Waals surface area (Å²) >= 11 is 0. The number of nitrogens with zero attached hydrogens (tertiary/aromatic N) is 2. The van der Waals surface area contributed by atoms with Crippen LogP contribution in [0.5, 0.6) is 0 Å². The number of rotatable bonds is 2. The highest BCUT2D eigenvalue weighted by Crippen LogP contribution is 2.13. The summed E-state index contributed by atoms with van der Waals surface area (Å²) in [6.07, 6.45) is 1.67. The normalized spacial score (nSPS) is 10.7. The Kier molecular flexibility index (Phi) is 2.97. The molecule has 0 amide bonds. The minimum atomic E-state index is -0.454. The van der Waals surface area contributed by atoms with Crippen molar-refractivity contribution in [1.29, 1.82) is 5.26 Å². The molecule has 0 aliphatic carbocycles. The van der Waals surface area contributed by atoms with E-state index in [9.17, 15) is 10.1 Å². The maximum atomic E-state index is 10.3. The molecule has 0 N–H and O–H groups in total. The van der Waals surface area contributed by atoms with E-state index >= 15 is 0 Å². The van der Waals surface area contributed by atoms with Gasteiger partial charge in [0.1, 0.15) is 0 Å². The van der Waals surface area contributed by atoms with Gasteiger partial charge in [-0.2, -0.15) is 5.26 Å². The van der Waals surface area contributed by atoms with Crippen molar-refractivity contribution >= 4 is 11.8 Å². The fraction of sp³-hybridized carbons (Fsp3) is 0.100. The second-order valence-electron chi connectivity index (χ2n) is 2.79. The van der Waals surface area contributed by atoms with E-state index in [4.69, 9.17) is 5.26 Å². The number of benzene rings is 1. The Balaban J connectivity index is 2.96. The first-order chi connectivity index (χ1) is 6.63. The average molecular weight is 188 g/mol. The zero-order valence-corrected chi connectivity index (χ0v) is 7.60. The molecule has 70 valence electrons. The van der Waals surface area contributed by atoms with Crippen molar-refractivity contribution in [1.82, 2.24) is 0 Å².